The topological polar surface area (TPSA) is 118 Å². The van der Waals surface area contributed by atoms with Gasteiger partial charge in [-0.05, 0) is 25.7 Å². The summed E-state index contributed by atoms with van der Waals surface area (Å²) in [4.78, 5) is 22.8. The van der Waals surface area contributed by atoms with Crippen molar-refractivity contribution in [1.82, 2.24) is 0 Å². The summed E-state index contributed by atoms with van der Waals surface area (Å²) in [6, 6.07) is 0. The number of hydrogen-bond donors (Lipinski definition) is 2. The van der Waals surface area contributed by atoms with Crippen molar-refractivity contribution in [3.8, 4) is 0 Å². The van der Waals surface area contributed by atoms with Crippen LogP contribution in [-0.4, -0.2) is 40.9 Å². The zero-order chi connectivity index (χ0) is 17.4. The monoisotopic (exact) mass is 378 g/mol. The maximum atomic E-state index is 12.1. The molecule has 0 aliphatic heterocycles. The van der Waals surface area contributed by atoms with Gasteiger partial charge >= 0.3 is 63.3 Å². The van der Waals surface area contributed by atoms with Crippen LogP contribution in [0, 0.1) is 0 Å². The molecule has 0 saturated carbocycles. The van der Waals surface area contributed by atoms with E-state index in [1.165, 1.54) is 0 Å². The van der Waals surface area contributed by atoms with Gasteiger partial charge in [-0.3, -0.25) is 14.1 Å². The van der Waals surface area contributed by atoms with Gasteiger partial charge in [-0.1, -0.05) is 33.6 Å². The van der Waals surface area contributed by atoms with Gasteiger partial charge in [0.2, 0.25) is 0 Å². The van der Waals surface area contributed by atoms with E-state index in [1.54, 1.807) is 0 Å². The second kappa shape index (κ2) is 11.9. The predicted molar refractivity (Wildman–Crippen MR) is 82.2 cm³/mol. The number of rotatable bonds is 11. The minimum absolute atomic E-state index is 0. The summed E-state index contributed by atoms with van der Waals surface area (Å²) >= 11 is 0. The van der Waals surface area contributed by atoms with Gasteiger partial charge in [0, 0.05) is 0 Å². The molecule has 0 aliphatic rings. The average Bonchev–Trinajstić information content (AvgIpc) is 2.42. The van der Waals surface area contributed by atoms with Crippen molar-refractivity contribution in [3.05, 3.63) is 0 Å². The van der Waals surface area contributed by atoms with E-state index in [-0.39, 0.29) is 52.8 Å². The summed E-state index contributed by atoms with van der Waals surface area (Å²) in [6.45, 7) is 5.68. The molecule has 7 nitrogen and oxygen atoms in total. The summed E-state index contributed by atoms with van der Waals surface area (Å²) in [6.07, 6.45) is 3.30. The number of carbonyl (C=O) groups excluding carboxylic acids is 1. The largest absolute Gasteiger partial charge is 1.00 e. The van der Waals surface area contributed by atoms with Gasteiger partial charge in [0.15, 0.2) is 5.25 Å². The van der Waals surface area contributed by atoms with Crippen molar-refractivity contribution in [2.45, 2.75) is 76.6 Å². The Balaban J connectivity index is -0.00000220. The number of carbonyl (C=O) groups is 2. The first-order valence-electron chi connectivity index (χ1n) is 7.52. The molecule has 0 aliphatic carbocycles. The molecule has 0 rings (SSSR count). The fourth-order valence-corrected chi connectivity index (χ4v) is 2.89. The summed E-state index contributed by atoms with van der Waals surface area (Å²) < 4.78 is 36.8. The molecule has 0 aromatic carbocycles. The van der Waals surface area contributed by atoms with E-state index < -0.39 is 39.3 Å². The van der Waals surface area contributed by atoms with E-state index in [0.29, 0.717) is 19.3 Å². The second-order valence-electron chi connectivity index (χ2n) is 5.37. The molecule has 0 aromatic rings. The summed E-state index contributed by atoms with van der Waals surface area (Å²) in [7, 11) is -4.83. The van der Waals surface area contributed by atoms with Gasteiger partial charge < -0.3 is 11.3 Å². The Morgan fingerprint density at radius 2 is 1.70 bits per heavy atom. The Bertz CT molecular complexity index is 478. The molecule has 23 heavy (non-hydrogen) atoms. The van der Waals surface area contributed by atoms with Crippen molar-refractivity contribution in [1.29, 1.82) is 0 Å². The molecule has 0 bridgehead atoms. The predicted octanol–water partition coefficient (Wildman–Crippen LogP) is -0.484. The molecular weight excluding hydrogens is 351 g/mol. The Morgan fingerprint density at radius 3 is 2.04 bits per heavy atom. The van der Waals surface area contributed by atoms with Crippen LogP contribution in [0.5, 0.6) is 0 Å². The van der Waals surface area contributed by atoms with Gasteiger partial charge in [0.05, 0.1) is 6.42 Å². The third kappa shape index (κ3) is 9.52. The fourth-order valence-electron chi connectivity index (χ4n) is 2.24. The third-order valence-electron chi connectivity index (χ3n) is 3.82. The molecule has 0 radical (unpaired) electrons. The van der Waals surface area contributed by atoms with Crippen molar-refractivity contribution >= 4 is 22.1 Å². The molecule has 132 valence electrons. The molecule has 9 heteroatoms. The van der Waals surface area contributed by atoms with Crippen LogP contribution in [0.1, 0.15) is 67.1 Å². The molecule has 2 N–H and O–H groups in total. The third-order valence-corrected chi connectivity index (χ3v) is 4.90. The van der Waals surface area contributed by atoms with Crippen molar-refractivity contribution in [3.63, 3.8) is 0 Å². The van der Waals surface area contributed by atoms with Crippen LogP contribution in [0.4, 0.5) is 0 Å². The molecule has 0 fully saturated rings. The molecule has 0 heterocycles. The van der Waals surface area contributed by atoms with Crippen LogP contribution in [0.3, 0.4) is 0 Å². The summed E-state index contributed by atoms with van der Waals surface area (Å²) in [5, 5.41) is 6.61. The van der Waals surface area contributed by atoms with Crippen molar-refractivity contribution in [2.75, 3.05) is 0 Å². The summed E-state index contributed by atoms with van der Waals surface area (Å²) in [5.74, 6) is -2.70. The first-order chi connectivity index (χ1) is 10.1. The quantitative estimate of drug-likeness (QED) is 0.216. The number of carboxylic acids is 1. The van der Waals surface area contributed by atoms with Crippen LogP contribution < -0.4 is 51.4 Å². The number of ether oxygens (including phenoxy) is 1. The molecule has 0 spiro atoms. The Hall–Kier alpha value is 0.486. The van der Waals surface area contributed by atoms with E-state index in [9.17, 15) is 18.0 Å². The zero-order valence-electron chi connectivity index (χ0n) is 15.4. The van der Waals surface area contributed by atoms with Crippen molar-refractivity contribution < 1.29 is 85.2 Å². The van der Waals surface area contributed by atoms with Gasteiger partial charge in [-0.15, -0.1) is 0 Å². The average molecular weight is 379 g/mol. The first-order valence-corrected chi connectivity index (χ1v) is 9.03. The van der Waals surface area contributed by atoms with Crippen LogP contribution in [0.15, 0.2) is 0 Å². The molecule has 1 unspecified atom stereocenters. The van der Waals surface area contributed by atoms with Crippen LogP contribution >= 0.6 is 0 Å². The number of unbranched alkanes of at least 4 members (excludes halogenated alkanes) is 2. The van der Waals surface area contributed by atoms with E-state index in [2.05, 4.69) is 0 Å². The second-order valence-corrected chi connectivity index (χ2v) is 6.97. The number of aliphatic carboxylic acids is 1. The molecule has 0 amide bonds. The molecular formula is C14H27KO7S. The summed E-state index contributed by atoms with van der Waals surface area (Å²) in [5.41, 5.74) is -0.826. The SMILES string of the molecule is CCCCCC(CC)(CC)OC(=O)C(CC(=O)O)S(=O)(=O)O.[H-].[K+]. The Morgan fingerprint density at radius 1 is 1.17 bits per heavy atom. The van der Waals surface area contributed by atoms with Gasteiger partial charge in [0.1, 0.15) is 5.60 Å². The minimum atomic E-state index is -4.83. The van der Waals surface area contributed by atoms with Crippen LogP contribution in [0.25, 0.3) is 0 Å². The smallest absolute Gasteiger partial charge is 1.00 e. The van der Waals surface area contributed by atoms with Crippen LogP contribution in [-0.2, 0) is 24.4 Å². The van der Waals surface area contributed by atoms with E-state index in [0.717, 1.165) is 19.3 Å². The van der Waals surface area contributed by atoms with Gasteiger partial charge in [-0.25, -0.2) is 0 Å². The van der Waals surface area contributed by atoms with E-state index >= 15 is 0 Å². The first kappa shape index (κ1) is 25.7. The van der Waals surface area contributed by atoms with Gasteiger partial charge in [0.25, 0.3) is 10.1 Å². The normalized spacial score (nSPS) is 13.0. The zero-order valence-corrected chi connectivity index (χ0v) is 18.3. The number of carboxylic acid groups (broad SMARTS) is 1. The maximum absolute atomic E-state index is 12.1. The maximum Gasteiger partial charge on any atom is 1.00 e. The number of hydrogen-bond acceptors (Lipinski definition) is 5. The van der Waals surface area contributed by atoms with Crippen LogP contribution in [0.2, 0.25) is 0 Å². The minimum Gasteiger partial charge on any atom is -1.00 e. The van der Waals surface area contributed by atoms with Crippen molar-refractivity contribution in [2.24, 2.45) is 0 Å². The molecule has 0 aromatic heterocycles. The Kier molecular flexibility index (Phi) is 13.4. The molecule has 0 saturated heterocycles. The fraction of sp³-hybridized carbons (Fsp3) is 0.857. The van der Waals surface area contributed by atoms with E-state index in [1.807, 2.05) is 20.8 Å². The van der Waals surface area contributed by atoms with E-state index in [4.69, 9.17) is 14.4 Å². The van der Waals surface area contributed by atoms with Gasteiger partial charge in [-0.2, -0.15) is 8.42 Å². The molecule has 1 atom stereocenters. The standard InChI is InChI=1S/C14H26O7S.K.H/c1-4-7-8-9-14(5-2,6-3)21-13(17)11(10-12(15)16)22(18,19)20;;/h11H,4-10H2,1-3H3,(H,15,16)(H,18,19,20);;/q;+1;-1. The number of esters is 1. The Labute approximate surface area is 182 Å².